The Morgan fingerprint density at radius 1 is 1.27 bits per heavy atom. The molecule has 0 radical (unpaired) electrons. The van der Waals surface area contributed by atoms with Crippen molar-refractivity contribution < 1.29 is 0 Å². The second-order valence-corrected chi connectivity index (χ2v) is 4.83. The van der Waals surface area contributed by atoms with Gasteiger partial charge in [-0.15, -0.1) is 0 Å². The van der Waals surface area contributed by atoms with Crippen LogP contribution in [0.2, 0.25) is 0 Å². The number of nitrogens with one attached hydrogen (secondary N) is 1. The van der Waals surface area contributed by atoms with Gasteiger partial charge in [-0.25, -0.2) is 9.97 Å². The van der Waals surface area contributed by atoms with Crippen LogP contribution in [0.4, 0.5) is 0 Å². The van der Waals surface area contributed by atoms with Gasteiger partial charge in [-0.05, 0) is 6.07 Å². The predicted molar refractivity (Wildman–Crippen MR) is 62.0 cm³/mol. The van der Waals surface area contributed by atoms with E-state index in [1.807, 2.05) is 12.3 Å². The molecule has 0 saturated heterocycles. The van der Waals surface area contributed by atoms with Crippen molar-refractivity contribution in [2.45, 2.75) is 39.5 Å². The summed E-state index contributed by atoms with van der Waals surface area (Å²) < 4.78 is 0. The zero-order chi connectivity index (χ0) is 11.1. The fraction of sp³-hybridized carbons (Fsp3) is 0.500. The Morgan fingerprint density at radius 3 is 2.60 bits per heavy atom. The molecule has 0 amide bonds. The number of aryl methyl sites for hydroxylation is 1. The van der Waals surface area contributed by atoms with Gasteiger partial charge in [0.2, 0.25) is 0 Å². The average molecular weight is 203 g/mol. The average Bonchev–Trinajstić information content (AvgIpc) is 2.61. The molecule has 0 aliphatic rings. The molecule has 2 heterocycles. The summed E-state index contributed by atoms with van der Waals surface area (Å²) in [6.07, 6.45) is 2.80. The van der Waals surface area contributed by atoms with E-state index in [0.717, 1.165) is 29.0 Å². The van der Waals surface area contributed by atoms with Gasteiger partial charge in [-0.3, -0.25) is 0 Å². The van der Waals surface area contributed by atoms with Crippen LogP contribution in [0.1, 0.15) is 39.2 Å². The molecule has 2 aromatic rings. The molecule has 2 aromatic heterocycles. The molecule has 15 heavy (non-hydrogen) atoms. The Morgan fingerprint density at radius 2 is 2.00 bits per heavy atom. The van der Waals surface area contributed by atoms with E-state index in [1.165, 1.54) is 0 Å². The molecule has 0 aromatic carbocycles. The molecule has 3 heteroatoms. The van der Waals surface area contributed by atoms with Crippen LogP contribution < -0.4 is 0 Å². The van der Waals surface area contributed by atoms with Gasteiger partial charge in [0.05, 0.1) is 16.7 Å². The third-order valence-corrected chi connectivity index (χ3v) is 2.48. The summed E-state index contributed by atoms with van der Waals surface area (Å²) in [5.41, 5.74) is 3.25. The highest BCUT2D eigenvalue weighted by Crippen LogP contribution is 2.26. The lowest BCUT2D eigenvalue weighted by Crippen LogP contribution is -2.16. The first kappa shape index (κ1) is 10.1. The van der Waals surface area contributed by atoms with Crippen molar-refractivity contribution in [1.82, 2.24) is 15.0 Å². The molecule has 0 aliphatic heterocycles. The third-order valence-electron chi connectivity index (χ3n) is 2.48. The first-order valence-corrected chi connectivity index (χ1v) is 5.37. The quantitative estimate of drug-likeness (QED) is 0.774. The first-order valence-electron chi connectivity index (χ1n) is 5.37. The molecule has 80 valence electrons. The standard InChI is InChI=1S/C12H17N3/c1-5-9-14-8-6-7-13-10(8)11(15-9)12(2,3)4/h6-7,13H,5H2,1-4H3. The van der Waals surface area contributed by atoms with Crippen molar-refractivity contribution in [3.05, 3.63) is 23.8 Å². The summed E-state index contributed by atoms with van der Waals surface area (Å²) in [6.45, 7) is 8.61. The third kappa shape index (κ3) is 1.74. The van der Waals surface area contributed by atoms with Gasteiger partial charge in [-0.1, -0.05) is 27.7 Å². The number of rotatable bonds is 1. The summed E-state index contributed by atoms with van der Waals surface area (Å²) in [6, 6.07) is 2.01. The molecule has 3 nitrogen and oxygen atoms in total. The molecule has 0 unspecified atom stereocenters. The molecule has 0 aliphatic carbocycles. The Bertz CT molecular complexity index is 477. The van der Waals surface area contributed by atoms with Gasteiger partial charge < -0.3 is 4.98 Å². The summed E-state index contributed by atoms with van der Waals surface area (Å²) in [4.78, 5) is 12.3. The van der Waals surface area contributed by atoms with Crippen molar-refractivity contribution in [3.8, 4) is 0 Å². The van der Waals surface area contributed by atoms with E-state index >= 15 is 0 Å². The lowest BCUT2D eigenvalue weighted by atomic mass is 9.91. The van der Waals surface area contributed by atoms with Crippen LogP contribution in [-0.4, -0.2) is 15.0 Å². The minimum Gasteiger partial charge on any atom is -0.358 e. The number of aromatic nitrogens is 3. The lowest BCUT2D eigenvalue weighted by molar-refractivity contribution is 0.569. The van der Waals surface area contributed by atoms with Crippen LogP contribution in [0.5, 0.6) is 0 Å². The van der Waals surface area contributed by atoms with Crippen LogP contribution in [-0.2, 0) is 11.8 Å². The van der Waals surface area contributed by atoms with Crippen molar-refractivity contribution in [2.24, 2.45) is 0 Å². The molecule has 0 atom stereocenters. The van der Waals surface area contributed by atoms with E-state index in [2.05, 4.69) is 42.6 Å². The second-order valence-electron chi connectivity index (χ2n) is 4.83. The summed E-state index contributed by atoms with van der Waals surface area (Å²) >= 11 is 0. The fourth-order valence-electron chi connectivity index (χ4n) is 1.69. The van der Waals surface area contributed by atoms with E-state index in [1.54, 1.807) is 0 Å². The van der Waals surface area contributed by atoms with Crippen LogP contribution in [0.3, 0.4) is 0 Å². The van der Waals surface area contributed by atoms with Gasteiger partial charge >= 0.3 is 0 Å². The molecule has 0 saturated carbocycles. The fourth-order valence-corrected chi connectivity index (χ4v) is 1.69. The molecule has 2 rings (SSSR count). The van der Waals surface area contributed by atoms with Crippen LogP contribution >= 0.6 is 0 Å². The van der Waals surface area contributed by atoms with Crippen LogP contribution in [0.15, 0.2) is 12.3 Å². The van der Waals surface area contributed by atoms with E-state index in [9.17, 15) is 0 Å². The molecule has 0 spiro atoms. The smallest absolute Gasteiger partial charge is 0.129 e. The van der Waals surface area contributed by atoms with Gasteiger partial charge in [0.15, 0.2) is 0 Å². The number of hydrogen-bond donors (Lipinski definition) is 1. The zero-order valence-electron chi connectivity index (χ0n) is 9.76. The Hall–Kier alpha value is -1.38. The minimum atomic E-state index is 0.0516. The number of aromatic amines is 1. The Balaban J connectivity index is 2.74. The maximum atomic E-state index is 4.62. The van der Waals surface area contributed by atoms with Gasteiger partial charge in [-0.2, -0.15) is 0 Å². The predicted octanol–water partition coefficient (Wildman–Crippen LogP) is 2.82. The van der Waals surface area contributed by atoms with Crippen molar-refractivity contribution in [3.63, 3.8) is 0 Å². The Kier molecular flexibility index (Phi) is 2.25. The molecule has 0 bridgehead atoms. The largest absolute Gasteiger partial charge is 0.358 e. The van der Waals surface area contributed by atoms with Crippen molar-refractivity contribution in [2.75, 3.05) is 0 Å². The first-order chi connectivity index (χ1) is 7.02. The summed E-state index contributed by atoms with van der Waals surface area (Å²) in [5.74, 6) is 0.923. The molecule has 0 fully saturated rings. The maximum absolute atomic E-state index is 4.62. The van der Waals surface area contributed by atoms with Crippen molar-refractivity contribution in [1.29, 1.82) is 0 Å². The van der Waals surface area contributed by atoms with Gasteiger partial charge in [0.1, 0.15) is 5.82 Å². The maximum Gasteiger partial charge on any atom is 0.129 e. The normalized spacial score (nSPS) is 12.3. The van der Waals surface area contributed by atoms with E-state index in [4.69, 9.17) is 0 Å². The summed E-state index contributed by atoms with van der Waals surface area (Å²) in [7, 11) is 0. The van der Waals surface area contributed by atoms with Gasteiger partial charge in [0.25, 0.3) is 0 Å². The SMILES string of the molecule is CCc1nc(C(C)(C)C)c2[nH]ccc2n1. The number of nitrogens with zero attached hydrogens (tertiary/aromatic N) is 2. The van der Waals surface area contributed by atoms with E-state index < -0.39 is 0 Å². The highest BCUT2D eigenvalue weighted by atomic mass is 14.9. The molecular formula is C12H17N3. The number of fused-ring (bicyclic) bond motifs is 1. The Labute approximate surface area is 90.0 Å². The highest BCUT2D eigenvalue weighted by molar-refractivity contribution is 5.78. The number of hydrogen-bond acceptors (Lipinski definition) is 2. The van der Waals surface area contributed by atoms with Crippen molar-refractivity contribution >= 4 is 11.0 Å². The second kappa shape index (κ2) is 3.33. The van der Waals surface area contributed by atoms with Crippen LogP contribution in [0.25, 0.3) is 11.0 Å². The van der Waals surface area contributed by atoms with E-state index in [-0.39, 0.29) is 5.41 Å². The van der Waals surface area contributed by atoms with Gasteiger partial charge in [0, 0.05) is 18.0 Å². The molecular weight excluding hydrogens is 186 g/mol. The topological polar surface area (TPSA) is 41.6 Å². The minimum absolute atomic E-state index is 0.0516. The zero-order valence-corrected chi connectivity index (χ0v) is 9.76. The van der Waals surface area contributed by atoms with E-state index in [0.29, 0.717) is 0 Å². The summed E-state index contributed by atoms with van der Waals surface area (Å²) in [5, 5.41) is 0. The monoisotopic (exact) mass is 203 g/mol. The lowest BCUT2D eigenvalue weighted by Gasteiger charge is -2.19. The number of H-pyrrole nitrogens is 1. The van der Waals surface area contributed by atoms with Crippen LogP contribution in [0, 0.1) is 0 Å². The molecule has 1 N–H and O–H groups in total. The highest BCUT2D eigenvalue weighted by Gasteiger charge is 2.20.